The molecule has 10 heteroatoms. The molecule has 2 atom stereocenters. The van der Waals surface area contributed by atoms with Crippen molar-refractivity contribution in [3.05, 3.63) is 40.4 Å². The molecule has 30 heavy (non-hydrogen) atoms. The van der Waals surface area contributed by atoms with Crippen molar-refractivity contribution < 1.29 is 22.7 Å². The molecule has 3 rings (SSSR count). The summed E-state index contributed by atoms with van der Waals surface area (Å²) in [6.45, 7) is 3.57. The molecule has 0 spiro atoms. The van der Waals surface area contributed by atoms with E-state index in [9.17, 15) is 22.8 Å². The number of esters is 1. The topological polar surface area (TPSA) is 126 Å². The van der Waals surface area contributed by atoms with Crippen LogP contribution >= 0.6 is 0 Å². The molecule has 0 bridgehead atoms. The normalized spacial score (nSPS) is 18.8. The zero-order valence-electron chi connectivity index (χ0n) is 17.0. The van der Waals surface area contributed by atoms with Crippen molar-refractivity contribution in [1.82, 2.24) is 14.9 Å². The Kier molecular flexibility index (Phi) is 6.55. The van der Waals surface area contributed by atoms with Crippen LogP contribution < -0.4 is 5.56 Å². The van der Waals surface area contributed by atoms with Gasteiger partial charge in [0.15, 0.2) is 15.9 Å². The standard InChI is InChI=1S/C20H25N3O6S/c1-3-23(14-10-11-30(27,28)12-14)20(26)13(2)29-18(24)9-8-17-21-16-7-5-4-6-15(16)19(25)22-17/h4-7,13-14H,3,8-12H2,1-2H3,(H,21,22,25). The molecule has 2 heterocycles. The van der Waals surface area contributed by atoms with E-state index in [2.05, 4.69) is 9.97 Å². The molecule has 0 aliphatic carbocycles. The van der Waals surface area contributed by atoms with E-state index < -0.39 is 27.8 Å². The third kappa shape index (κ3) is 5.05. The van der Waals surface area contributed by atoms with Gasteiger partial charge in [-0.15, -0.1) is 0 Å². The van der Waals surface area contributed by atoms with Gasteiger partial charge in [0, 0.05) is 19.0 Å². The summed E-state index contributed by atoms with van der Waals surface area (Å²) in [4.78, 5) is 45.4. The van der Waals surface area contributed by atoms with Gasteiger partial charge >= 0.3 is 5.97 Å². The highest BCUT2D eigenvalue weighted by Crippen LogP contribution is 2.19. The SMILES string of the molecule is CCN(C(=O)C(C)OC(=O)CCc1nc2ccccc2c(=O)[nH]1)C1CCS(=O)(=O)C1. The lowest BCUT2D eigenvalue weighted by Crippen LogP contribution is -2.46. The van der Waals surface area contributed by atoms with Crippen LogP contribution in [0.25, 0.3) is 10.9 Å². The summed E-state index contributed by atoms with van der Waals surface area (Å²) >= 11 is 0. The third-order valence-electron chi connectivity index (χ3n) is 5.16. The Labute approximate surface area is 174 Å². The van der Waals surface area contributed by atoms with Crippen molar-refractivity contribution in [2.24, 2.45) is 0 Å². The minimum absolute atomic E-state index is 0.0527. The largest absolute Gasteiger partial charge is 0.453 e. The molecule has 2 unspecified atom stereocenters. The van der Waals surface area contributed by atoms with Gasteiger partial charge in [0.05, 0.1) is 28.8 Å². The van der Waals surface area contributed by atoms with Gasteiger partial charge in [-0.05, 0) is 32.4 Å². The van der Waals surface area contributed by atoms with Gasteiger partial charge in [-0.25, -0.2) is 13.4 Å². The number of hydrogen-bond donors (Lipinski definition) is 1. The van der Waals surface area contributed by atoms with E-state index in [4.69, 9.17) is 4.74 Å². The van der Waals surface area contributed by atoms with Gasteiger partial charge in [0.1, 0.15) is 5.82 Å². The number of para-hydroxylation sites is 1. The number of amides is 1. The summed E-state index contributed by atoms with van der Waals surface area (Å²) in [7, 11) is -3.13. The number of aromatic amines is 1. The highest BCUT2D eigenvalue weighted by atomic mass is 32.2. The number of carbonyl (C=O) groups excluding carboxylic acids is 2. The van der Waals surface area contributed by atoms with Crippen molar-refractivity contribution in [3.8, 4) is 0 Å². The number of benzene rings is 1. The number of nitrogens with zero attached hydrogens (tertiary/aromatic N) is 2. The van der Waals surface area contributed by atoms with Crippen LogP contribution in [0, 0.1) is 0 Å². The first kappa shape index (κ1) is 21.9. The number of aromatic nitrogens is 2. The van der Waals surface area contributed by atoms with E-state index in [1.807, 2.05) is 0 Å². The molecule has 0 radical (unpaired) electrons. The average molecular weight is 436 g/mol. The minimum Gasteiger partial charge on any atom is -0.453 e. The van der Waals surface area contributed by atoms with Crippen molar-refractivity contribution >= 4 is 32.6 Å². The van der Waals surface area contributed by atoms with Gasteiger partial charge in [0.25, 0.3) is 11.5 Å². The smallest absolute Gasteiger partial charge is 0.307 e. The second-order valence-corrected chi connectivity index (χ2v) is 9.57. The highest BCUT2D eigenvalue weighted by Gasteiger charge is 2.36. The van der Waals surface area contributed by atoms with Gasteiger partial charge < -0.3 is 14.6 Å². The summed E-state index contributed by atoms with van der Waals surface area (Å²) in [6.07, 6.45) is -0.519. The second-order valence-electron chi connectivity index (χ2n) is 7.34. The third-order valence-corrected chi connectivity index (χ3v) is 6.91. The number of nitrogens with one attached hydrogen (secondary N) is 1. The molecule has 1 aromatic heterocycles. The average Bonchev–Trinajstić information content (AvgIpc) is 3.06. The van der Waals surface area contributed by atoms with Crippen LogP contribution in [0.3, 0.4) is 0 Å². The van der Waals surface area contributed by atoms with E-state index in [1.165, 1.54) is 11.8 Å². The van der Waals surface area contributed by atoms with Crippen molar-refractivity contribution in [3.63, 3.8) is 0 Å². The van der Waals surface area contributed by atoms with Crippen molar-refractivity contribution in [2.45, 2.75) is 45.3 Å². The number of aryl methyl sites for hydroxylation is 1. The van der Waals surface area contributed by atoms with Crippen LogP contribution in [-0.2, 0) is 30.6 Å². The number of H-pyrrole nitrogens is 1. The predicted octanol–water partition coefficient (Wildman–Crippen LogP) is 0.823. The van der Waals surface area contributed by atoms with Crippen LogP contribution in [0.5, 0.6) is 0 Å². The molecular weight excluding hydrogens is 410 g/mol. The number of ether oxygens (including phenoxy) is 1. The van der Waals surface area contributed by atoms with E-state index in [-0.39, 0.29) is 35.9 Å². The number of carbonyl (C=O) groups is 2. The number of sulfone groups is 1. The van der Waals surface area contributed by atoms with Crippen LogP contribution in [0.4, 0.5) is 0 Å². The second kappa shape index (κ2) is 8.95. The molecule has 1 fully saturated rings. The number of rotatable bonds is 7. The first-order valence-electron chi connectivity index (χ1n) is 9.88. The molecule has 1 amide bonds. The van der Waals surface area contributed by atoms with Crippen LogP contribution in [-0.4, -0.2) is 65.4 Å². The molecule has 1 N–H and O–H groups in total. The lowest BCUT2D eigenvalue weighted by atomic mass is 10.2. The molecule has 1 aromatic carbocycles. The Morgan fingerprint density at radius 1 is 1.33 bits per heavy atom. The van der Waals surface area contributed by atoms with Gasteiger partial charge in [-0.3, -0.25) is 14.4 Å². The predicted molar refractivity (Wildman–Crippen MR) is 111 cm³/mol. The minimum atomic E-state index is -3.13. The van der Waals surface area contributed by atoms with E-state index in [0.29, 0.717) is 29.7 Å². The summed E-state index contributed by atoms with van der Waals surface area (Å²) in [6, 6.07) is 6.52. The van der Waals surface area contributed by atoms with E-state index in [1.54, 1.807) is 31.2 Å². The fourth-order valence-corrected chi connectivity index (χ4v) is 5.36. The molecule has 9 nitrogen and oxygen atoms in total. The van der Waals surface area contributed by atoms with Gasteiger partial charge in [0.2, 0.25) is 0 Å². The molecule has 0 saturated carbocycles. The fraction of sp³-hybridized carbons (Fsp3) is 0.500. The molecule has 1 saturated heterocycles. The Balaban J connectivity index is 1.57. The maximum absolute atomic E-state index is 12.7. The Morgan fingerprint density at radius 2 is 2.07 bits per heavy atom. The van der Waals surface area contributed by atoms with Crippen LogP contribution in [0.2, 0.25) is 0 Å². The van der Waals surface area contributed by atoms with E-state index in [0.717, 1.165) is 0 Å². The quantitative estimate of drug-likeness (QED) is 0.638. The summed E-state index contributed by atoms with van der Waals surface area (Å²) in [5.41, 5.74) is 0.260. The fourth-order valence-electron chi connectivity index (χ4n) is 3.63. The maximum atomic E-state index is 12.7. The zero-order valence-corrected chi connectivity index (χ0v) is 17.8. The highest BCUT2D eigenvalue weighted by molar-refractivity contribution is 7.91. The Morgan fingerprint density at radius 3 is 2.73 bits per heavy atom. The van der Waals surface area contributed by atoms with Crippen molar-refractivity contribution in [1.29, 1.82) is 0 Å². The van der Waals surface area contributed by atoms with Gasteiger partial charge in [-0.2, -0.15) is 0 Å². The molecule has 1 aliphatic heterocycles. The zero-order chi connectivity index (χ0) is 21.9. The first-order valence-corrected chi connectivity index (χ1v) is 11.7. The summed E-state index contributed by atoms with van der Waals surface area (Å²) in [5, 5.41) is 0.469. The summed E-state index contributed by atoms with van der Waals surface area (Å²) < 4.78 is 28.7. The lowest BCUT2D eigenvalue weighted by molar-refractivity contribution is -0.160. The van der Waals surface area contributed by atoms with Crippen LogP contribution in [0.15, 0.2) is 29.1 Å². The first-order chi connectivity index (χ1) is 14.2. The maximum Gasteiger partial charge on any atom is 0.307 e. The molecule has 162 valence electrons. The Bertz CT molecular complexity index is 1110. The lowest BCUT2D eigenvalue weighted by Gasteiger charge is -2.29. The molecule has 1 aliphatic rings. The monoisotopic (exact) mass is 435 g/mol. The van der Waals surface area contributed by atoms with Gasteiger partial charge in [-0.1, -0.05) is 12.1 Å². The Hall–Kier alpha value is -2.75. The molecule has 2 aromatic rings. The number of hydrogen-bond acceptors (Lipinski definition) is 7. The van der Waals surface area contributed by atoms with Crippen molar-refractivity contribution in [2.75, 3.05) is 18.1 Å². The molecular formula is C20H25N3O6S. The van der Waals surface area contributed by atoms with E-state index >= 15 is 0 Å². The number of likely N-dealkylation sites (N-methyl/N-ethyl adjacent to an activating group) is 1. The van der Waals surface area contributed by atoms with Crippen LogP contribution in [0.1, 0.15) is 32.5 Å². The number of fused-ring (bicyclic) bond motifs is 1. The summed E-state index contributed by atoms with van der Waals surface area (Å²) in [5.74, 6) is -0.645.